The molecule has 1 unspecified atom stereocenters. The lowest BCUT2D eigenvalue weighted by Crippen LogP contribution is -2.49. The fraction of sp³-hybridized carbons (Fsp3) is 0.533. The summed E-state index contributed by atoms with van der Waals surface area (Å²) in [6.45, 7) is 3.97. The average molecular weight is 297 g/mol. The number of nitrogens with zero attached hydrogens (tertiary/aromatic N) is 2. The second-order valence-corrected chi connectivity index (χ2v) is 6.11. The van der Waals surface area contributed by atoms with Gasteiger partial charge in [-0.3, -0.25) is 4.90 Å². The molecule has 1 aromatic carbocycles. The van der Waals surface area contributed by atoms with Crippen molar-refractivity contribution in [3.8, 4) is 6.07 Å². The van der Waals surface area contributed by atoms with Gasteiger partial charge in [-0.15, -0.1) is 0 Å². The van der Waals surface area contributed by atoms with Crippen molar-refractivity contribution in [3.63, 3.8) is 0 Å². The van der Waals surface area contributed by atoms with Crippen molar-refractivity contribution in [1.29, 1.82) is 5.26 Å². The summed E-state index contributed by atoms with van der Waals surface area (Å²) < 4.78 is 0. The van der Waals surface area contributed by atoms with Gasteiger partial charge in [-0.25, -0.2) is 0 Å². The van der Waals surface area contributed by atoms with Crippen LogP contribution in [-0.4, -0.2) is 23.5 Å². The predicted molar refractivity (Wildman–Crippen MR) is 79.6 cm³/mol. The van der Waals surface area contributed by atoms with Gasteiger partial charge in [0.15, 0.2) is 0 Å². The van der Waals surface area contributed by atoms with Crippen LogP contribution in [0.4, 0.5) is 0 Å². The van der Waals surface area contributed by atoms with Crippen LogP contribution < -0.4 is 0 Å². The molecule has 4 heteroatoms. The minimum atomic E-state index is -0.505. The second-order valence-electron chi connectivity index (χ2n) is 5.32. The minimum Gasteiger partial charge on any atom is -0.285 e. The Hall–Kier alpha value is -0.750. The van der Waals surface area contributed by atoms with Gasteiger partial charge in [0.05, 0.1) is 16.1 Å². The highest BCUT2D eigenvalue weighted by atomic mass is 35.5. The maximum Gasteiger partial charge on any atom is 0.110 e. The smallest absolute Gasteiger partial charge is 0.110 e. The van der Waals surface area contributed by atoms with Crippen LogP contribution in [0, 0.1) is 11.3 Å². The monoisotopic (exact) mass is 296 g/mol. The molecule has 0 amide bonds. The van der Waals surface area contributed by atoms with Crippen LogP contribution >= 0.6 is 23.2 Å². The Morgan fingerprint density at radius 2 is 1.95 bits per heavy atom. The van der Waals surface area contributed by atoms with Crippen molar-refractivity contribution in [2.45, 2.75) is 38.1 Å². The third-order valence-corrected chi connectivity index (χ3v) is 4.72. The van der Waals surface area contributed by atoms with E-state index in [1.165, 1.54) is 19.3 Å². The van der Waals surface area contributed by atoms with Gasteiger partial charge in [-0.2, -0.15) is 5.26 Å². The number of halogens is 2. The van der Waals surface area contributed by atoms with Crippen molar-refractivity contribution in [3.05, 3.63) is 33.8 Å². The highest BCUT2D eigenvalue weighted by Crippen LogP contribution is 2.31. The topological polar surface area (TPSA) is 27.0 Å². The summed E-state index contributed by atoms with van der Waals surface area (Å²) in [6.07, 6.45) is 4.21. The van der Waals surface area contributed by atoms with E-state index in [2.05, 4.69) is 11.0 Å². The number of hydrogen-bond acceptors (Lipinski definition) is 2. The number of nitriles is 1. The standard InChI is InChI=1S/C15H18Cl2N2/c1-15(11-18,19-8-3-2-4-9-19)10-12-6-5-7-13(16)14(12)17/h5-7H,2-4,8-10H2,1H3. The van der Waals surface area contributed by atoms with E-state index in [9.17, 15) is 5.26 Å². The summed E-state index contributed by atoms with van der Waals surface area (Å²) in [5.74, 6) is 0. The van der Waals surface area contributed by atoms with Gasteiger partial charge in [0.1, 0.15) is 5.54 Å². The van der Waals surface area contributed by atoms with Gasteiger partial charge in [0.25, 0.3) is 0 Å². The maximum atomic E-state index is 9.59. The van der Waals surface area contributed by atoms with E-state index in [0.717, 1.165) is 18.7 Å². The fourth-order valence-electron chi connectivity index (χ4n) is 2.67. The van der Waals surface area contributed by atoms with E-state index < -0.39 is 5.54 Å². The largest absolute Gasteiger partial charge is 0.285 e. The molecule has 0 radical (unpaired) electrons. The zero-order valence-electron chi connectivity index (χ0n) is 11.1. The molecule has 19 heavy (non-hydrogen) atoms. The molecule has 102 valence electrons. The zero-order valence-corrected chi connectivity index (χ0v) is 12.6. The maximum absolute atomic E-state index is 9.59. The van der Waals surface area contributed by atoms with Crippen molar-refractivity contribution in [1.82, 2.24) is 4.90 Å². The van der Waals surface area contributed by atoms with Gasteiger partial charge in [0.2, 0.25) is 0 Å². The van der Waals surface area contributed by atoms with E-state index in [4.69, 9.17) is 23.2 Å². The van der Waals surface area contributed by atoms with Crippen LogP contribution in [0.15, 0.2) is 18.2 Å². The highest BCUT2D eigenvalue weighted by Gasteiger charge is 2.33. The fourth-order valence-corrected chi connectivity index (χ4v) is 3.05. The molecule has 0 aromatic heterocycles. The molecule has 0 aliphatic carbocycles. The molecule has 0 saturated carbocycles. The van der Waals surface area contributed by atoms with Crippen LogP contribution in [0.3, 0.4) is 0 Å². The Morgan fingerprint density at radius 1 is 1.26 bits per heavy atom. The van der Waals surface area contributed by atoms with Crippen molar-refractivity contribution >= 4 is 23.2 Å². The lowest BCUT2D eigenvalue weighted by Gasteiger charge is -2.38. The SMILES string of the molecule is CC(C#N)(Cc1cccc(Cl)c1Cl)N1CCCCC1. The molecule has 0 N–H and O–H groups in total. The third-order valence-electron chi connectivity index (χ3n) is 3.86. The lowest BCUT2D eigenvalue weighted by molar-refractivity contribution is 0.124. The summed E-state index contributed by atoms with van der Waals surface area (Å²) in [5, 5.41) is 10.7. The molecule has 1 heterocycles. The average Bonchev–Trinajstić information content (AvgIpc) is 2.45. The quantitative estimate of drug-likeness (QED) is 0.831. The number of likely N-dealkylation sites (tertiary alicyclic amines) is 1. The first-order valence-corrected chi connectivity index (χ1v) is 7.41. The molecule has 1 aliphatic rings. The molecular formula is C15H18Cl2N2. The molecular weight excluding hydrogens is 279 g/mol. The van der Waals surface area contributed by atoms with E-state index in [-0.39, 0.29) is 0 Å². The summed E-state index contributed by atoms with van der Waals surface area (Å²) >= 11 is 12.3. The molecule has 1 aromatic rings. The second kappa shape index (κ2) is 6.13. The molecule has 2 nitrogen and oxygen atoms in total. The molecule has 0 bridgehead atoms. The third kappa shape index (κ3) is 3.23. The van der Waals surface area contributed by atoms with Crippen molar-refractivity contribution in [2.75, 3.05) is 13.1 Å². The van der Waals surface area contributed by atoms with Crippen LogP contribution in [-0.2, 0) is 6.42 Å². The first-order valence-electron chi connectivity index (χ1n) is 6.66. The van der Waals surface area contributed by atoms with E-state index in [1.807, 2.05) is 19.1 Å². The summed E-state index contributed by atoms with van der Waals surface area (Å²) in [4.78, 5) is 2.27. The van der Waals surface area contributed by atoms with Crippen LogP contribution in [0.1, 0.15) is 31.7 Å². The number of rotatable bonds is 3. The van der Waals surface area contributed by atoms with Gasteiger partial charge in [0, 0.05) is 6.42 Å². The van der Waals surface area contributed by atoms with E-state index in [0.29, 0.717) is 16.5 Å². The first kappa shape index (κ1) is 14.7. The number of hydrogen-bond donors (Lipinski definition) is 0. The van der Waals surface area contributed by atoms with Gasteiger partial charge in [-0.1, -0.05) is 41.8 Å². The normalized spacial score (nSPS) is 19.7. The van der Waals surface area contributed by atoms with Gasteiger partial charge < -0.3 is 0 Å². The van der Waals surface area contributed by atoms with Gasteiger partial charge in [-0.05, 0) is 44.5 Å². The molecule has 1 atom stereocenters. The predicted octanol–water partition coefficient (Wildman–Crippen LogP) is 4.30. The summed E-state index contributed by atoms with van der Waals surface area (Å²) in [7, 11) is 0. The molecule has 1 saturated heterocycles. The highest BCUT2D eigenvalue weighted by molar-refractivity contribution is 6.42. The number of benzene rings is 1. The zero-order chi connectivity index (χ0) is 13.9. The number of piperidine rings is 1. The van der Waals surface area contributed by atoms with E-state index >= 15 is 0 Å². The molecule has 1 fully saturated rings. The molecule has 1 aliphatic heterocycles. The Balaban J connectivity index is 2.22. The Kier molecular flexibility index (Phi) is 4.73. The van der Waals surface area contributed by atoms with Crippen LogP contribution in [0.2, 0.25) is 10.0 Å². The van der Waals surface area contributed by atoms with E-state index in [1.54, 1.807) is 6.07 Å². The van der Waals surface area contributed by atoms with Crippen LogP contribution in [0.5, 0.6) is 0 Å². The van der Waals surface area contributed by atoms with Crippen molar-refractivity contribution in [2.24, 2.45) is 0 Å². The summed E-state index contributed by atoms with van der Waals surface area (Å²) in [5.41, 5.74) is 0.443. The molecule has 0 spiro atoms. The Labute approximate surface area is 124 Å². The summed E-state index contributed by atoms with van der Waals surface area (Å²) in [6, 6.07) is 8.08. The Morgan fingerprint density at radius 3 is 2.58 bits per heavy atom. The van der Waals surface area contributed by atoms with Crippen molar-refractivity contribution < 1.29 is 0 Å². The molecule has 2 rings (SSSR count). The van der Waals surface area contributed by atoms with Crippen LogP contribution in [0.25, 0.3) is 0 Å². The first-order chi connectivity index (χ1) is 9.07. The Bertz CT molecular complexity index is 489. The lowest BCUT2D eigenvalue weighted by atomic mass is 9.90. The minimum absolute atomic E-state index is 0.505. The van der Waals surface area contributed by atoms with Gasteiger partial charge >= 0.3 is 0 Å².